The van der Waals surface area contributed by atoms with Gasteiger partial charge in [0.1, 0.15) is 18.2 Å². The van der Waals surface area contributed by atoms with Crippen LogP contribution in [0.15, 0.2) is 18.2 Å². The Morgan fingerprint density at radius 3 is 2.50 bits per heavy atom. The quantitative estimate of drug-likeness (QED) is 0.617. The Morgan fingerprint density at radius 1 is 1.20 bits per heavy atom. The lowest BCUT2D eigenvalue weighted by Crippen LogP contribution is -2.29. The third kappa shape index (κ3) is 5.75. The van der Waals surface area contributed by atoms with Crippen LogP contribution in [0, 0.1) is 5.82 Å². The molecule has 0 saturated carbocycles. The molecule has 0 aliphatic heterocycles. The Kier molecular flexibility index (Phi) is 6.22. The number of benzene rings is 1. The van der Waals surface area contributed by atoms with Crippen LogP contribution < -0.4 is 10.1 Å². The van der Waals surface area contributed by atoms with Gasteiger partial charge in [-0.15, -0.1) is 0 Å². The van der Waals surface area contributed by atoms with E-state index in [-0.39, 0.29) is 12.4 Å². The fourth-order valence-corrected chi connectivity index (χ4v) is 1.48. The zero-order chi connectivity index (χ0) is 15.2. The molecule has 3 nitrogen and oxygen atoms in total. The van der Waals surface area contributed by atoms with Gasteiger partial charge in [-0.05, 0) is 32.3 Å². The number of ether oxygens (including phenoxy) is 1. The maximum Gasteiger partial charge on any atom is 0.419 e. The molecule has 0 spiro atoms. The van der Waals surface area contributed by atoms with Crippen molar-refractivity contribution in [1.82, 2.24) is 10.2 Å². The molecular formula is C13H18F4N2O. The first kappa shape index (κ1) is 16.7. The van der Waals surface area contributed by atoms with Crippen LogP contribution in [0.4, 0.5) is 17.6 Å². The van der Waals surface area contributed by atoms with Crippen LogP contribution in [0.1, 0.15) is 5.56 Å². The molecular weight excluding hydrogens is 276 g/mol. The lowest BCUT2D eigenvalue weighted by molar-refractivity contribution is -0.140. The van der Waals surface area contributed by atoms with Crippen molar-refractivity contribution in [3.63, 3.8) is 0 Å². The molecule has 0 aromatic heterocycles. The van der Waals surface area contributed by atoms with E-state index in [1.54, 1.807) is 0 Å². The van der Waals surface area contributed by atoms with Crippen LogP contribution in [0.3, 0.4) is 0 Å². The monoisotopic (exact) mass is 294 g/mol. The molecule has 0 saturated heterocycles. The molecule has 0 aliphatic rings. The second-order valence-electron chi connectivity index (χ2n) is 4.54. The SMILES string of the molecule is CN(C)CCNCCOc1ccc(F)c(C(F)(F)F)c1. The van der Waals surface area contributed by atoms with Crippen molar-refractivity contribution in [1.29, 1.82) is 0 Å². The van der Waals surface area contributed by atoms with E-state index >= 15 is 0 Å². The van der Waals surface area contributed by atoms with Crippen molar-refractivity contribution in [3.8, 4) is 5.75 Å². The van der Waals surface area contributed by atoms with Crippen LogP contribution in [0.5, 0.6) is 5.75 Å². The van der Waals surface area contributed by atoms with Crippen molar-refractivity contribution in [2.45, 2.75) is 6.18 Å². The number of likely N-dealkylation sites (N-methyl/N-ethyl adjacent to an activating group) is 1. The van der Waals surface area contributed by atoms with Crippen molar-refractivity contribution >= 4 is 0 Å². The van der Waals surface area contributed by atoms with Gasteiger partial charge in [0.15, 0.2) is 0 Å². The number of nitrogens with zero attached hydrogens (tertiary/aromatic N) is 1. The molecule has 0 heterocycles. The van der Waals surface area contributed by atoms with Gasteiger partial charge in [-0.1, -0.05) is 0 Å². The predicted molar refractivity (Wildman–Crippen MR) is 68.3 cm³/mol. The molecule has 114 valence electrons. The first-order valence-electron chi connectivity index (χ1n) is 6.15. The smallest absolute Gasteiger partial charge is 0.419 e. The van der Waals surface area contributed by atoms with E-state index in [0.717, 1.165) is 19.2 Å². The molecule has 0 bridgehead atoms. The minimum absolute atomic E-state index is 0.00753. The maximum atomic E-state index is 13.0. The minimum Gasteiger partial charge on any atom is -0.492 e. The summed E-state index contributed by atoms with van der Waals surface area (Å²) < 4.78 is 55.6. The number of hydrogen-bond acceptors (Lipinski definition) is 3. The Bertz CT molecular complexity index is 421. The largest absolute Gasteiger partial charge is 0.492 e. The number of rotatable bonds is 7. The second-order valence-corrected chi connectivity index (χ2v) is 4.54. The van der Waals surface area contributed by atoms with E-state index in [1.165, 1.54) is 6.07 Å². The molecule has 20 heavy (non-hydrogen) atoms. The summed E-state index contributed by atoms with van der Waals surface area (Å²) in [5.41, 5.74) is -1.31. The van der Waals surface area contributed by atoms with Gasteiger partial charge in [-0.3, -0.25) is 0 Å². The van der Waals surface area contributed by atoms with Gasteiger partial charge in [-0.2, -0.15) is 13.2 Å². The highest BCUT2D eigenvalue weighted by molar-refractivity contribution is 5.31. The highest BCUT2D eigenvalue weighted by atomic mass is 19.4. The van der Waals surface area contributed by atoms with Gasteiger partial charge in [0, 0.05) is 19.6 Å². The molecule has 0 atom stereocenters. The molecule has 0 radical (unpaired) electrons. The summed E-state index contributed by atoms with van der Waals surface area (Å²) in [6, 6.07) is 2.62. The summed E-state index contributed by atoms with van der Waals surface area (Å²) in [5, 5.41) is 3.08. The lowest BCUT2D eigenvalue weighted by atomic mass is 10.2. The number of nitrogens with one attached hydrogen (secondary N) is 1. The molecule has 1 aromatic carbocycles. The Labute approximate surface area is 115 Å². The lowest BCUT2D eigenvalue weighted by Gasteiger charge is -2.12. The molecule has 0 amide bonds. The normalized spacial score (nSPS) is 11.9. The van der Waals surface area contributed by atoms with Gasteiger partial charge < -0.3 is 15.0 Å². The van der Waals surface area contributed by atoms with E-state index in [0.29, 0.717) is 12.6 Å². The third-order valence-corrected chi connectivity index (χ3v) is 2.53. The molecule has 0 fully saturated rings. The van der Waals surface area contributed by atoms with Crippen molar-refractivity contribution < 1.29 is 22.3 Å². The Balaban J connectivity index is 2.41. The standard InChI is InChI=1S/C13H18F4N2O/c1-19(2)7-5-18-6-8-20-10-3-4-12(14)11(9-10)13(15,16)17/h3-4,9,18H,5-8H2,1-2H3. The zero-order valence-corrected chi connectivity index (χ0v) is 11.4. The van der Waals surface area contributed by atoms with Gasteiger partial charge in [0.2, 0.25) is 0 Å². The van der Waals surface area contributed by atoms with Crippen molar-refractivity contribution in [2.75, 3.05) is 40.3 Å². The average molecular weight is 294 g/mol. The summed E-state index contributed by atoms with van der Waals surface area (Å²) in [5.74, 6) is -1.29. The topological polar surface area (TPSA) is 24.5 Å². The first-order valence-corrected chi connectivity index (χ1v) is 6.15. The van der Waals surface area contributed by atoms with Crippen LogP contribution >= 0.6 is 0 Å². The van der Waals surface area contributed by atoms with Gasteiger partial charge >= 0.3 is 6.18 Å². The third-order valence-electron chi connectivity index (χ3n) is 2.53. The summed E-state index contributed by atoms with van der Waals surface area (Å²) in [6.07, 6.45) is -4.71. The van der Waals surface area contributed by atoms with Gasteiger partial charge in [0.25, 0.3) is 0 Å². The summed E-state index contributed by atoms with van der Waals surface area (Å²) in [6.45, 7) is 2.34. The van der Waals surface area contributed by atoms with Crippen LogP contribution in [0.2, 0.25) is 0 Å². The summed E-state index contributed by atoms with van der Waals surface area (Å²) in [7, 11) is 3.88. The van der Waals surface area contributed by atoms with Crippen molar-refractivity contribution in [2.24, 2.45) is 0 Å². The van der Waals surface area contributed by atoms with E-state index in [4.69, 9.17) is 4.74 Å². The van der Waals surface area contributed by atoms with Crippen LogP contribution in [-0.2, 0) is 6.18 Å². The number of hydrogen-bond donors (Lipinski definition) is 1. The number of alkyl halides is 3. The first-order chi connectivity index (χ1) is 9.30. The van der Waals surface area contributed by atoms with E-state index in [1.807, 2.05) is 19.0 Å². The van der Waals surface area contributed by atoms with E-state index in [2.05, 4.69) is 5.32 Å². The molecule has 0 unspecified atom stereocenters. The highest BCUT2D eigenvalue weighted by Crippen LogP contribution is 2.33. The fraction of sp³-hybridized carbons (Fsp3) is 0.538. The highest BCUT2D eigenvalue weighted by Gasteiger charge is 2.34. The summed E-state index contributed by atoms with van der Waals surface area (Å²) >= 11 is 0. The molecule has 0 aliphatic carbocycles. The van der Waals surface area contributed by atoms with E-state index < -0.39 is 17.6 Å². The van der Waals surface area contributed by atoms with Gasteiger partial charge in [-0.25, -0.2) is 4.39 Å². The molecule has 7 heteroatoms. The van der Waals surface area contributed by atoms with Crippen molar-refractivity contribution in [3.05, 3.63) is 29.6 Å². The predicted octanol–water partition coefficient (Wildman–Crippen LogP) is 2.37. The summed E-state index contributed by atoms with van der Waals surface area (Å²) in [4.78, 5) is 2.00. The molecule has 1 aromatic rings. The Hall–Kier alpha value is -1.34. The van der Waals surface area contributed by atoms with Crippen LogP contribution in [-0.4, -0.2) is 45.2 Å². The Morgan fingerprint density at radius 2 is 1.90 bits per heavy atom. The van der Waals surface area contributed by atoms with Gasteiger partial charge in [0.05, 0.1) is 5.56 Å². The molecule has 1 rings (SSSR count). The average Bonchev–Trinajstić information content (AvgIpc) is 2.33. The number of halogens is 4. The zero-order valence-electron chi connectivity index (χ0n) is 11.4. The fourth-order valence-electron chi connectivity index (χ4n) is 1.48. The second kappa shape index (κ2) is 7.44. The minimum atomic E-state index is -4.71. The maximum absolute atomic E-state index is 13.0. The molecule has 1 N–H and O–H groups in total. The van der Waals surface area contributed by atoms with Crippen LogP contribution in [0.25, 0.3) is 0 Å². The van der Waals surface area contributed by atoms with E-state index in [9.17, 15) is 17.6 Å².